The minimum absolute atomic E-state index is 0.579. The normalized spacial score (nSPS) is 15.6. The van der Waals surface area contributed by atoms with E-state index in [1.807, 2.05) is 46.3 Å². The molecule has 4 aromatic rings. The van der Waals surface area contributed by atoms with Gasteiger partial charge in [-0.25, -0.2) is 4.52 Å². The molecule has 138 valence electrons. The van der Waals surface area contributed by atoms with E-state index in [1.54, 1.807) is 0 Å². The summed E-state index contributed by atoms with van der Waals surface area (Å²) in [4.78, 5) is 4.62. The highest BCUT2D eigenvalue weighted by Gasteiger charge is 2.17. The maximum Gasteiger partial charge on any atom is 0.247 e. The highest BCUT2D eigenvalue weighted by Crippen LogP contribution is 2.22. The molecule has 0 unspecified atom stereocenters. The van der Waals surface area contributed by atoms with Crippen LogP contribution in [0.5, 0.6) is 0 Å². The summed E-state index contributed by atoms with van der Waals surface area (Å²) in [7, 11) is 0. The molecule has 1 aliphatic rings. The number of nitrogens with one attached hydrogen (secondary N) is 1. The largest absolute Gasteiger partial charge is 0.381 e. The average Bonchev–Trinajstić information content (AvgIpc) is 3.26. The van der Waals surface area contributed by atoms with Gasteiger partial charge in [0, 0.05) is 36.9 Å². The fourth-order valence-corrected chi connectivity index (χ4v) is 3.63. The lowest BCUT2D eigenvalue weighted by molar-refractivity contribution is 0.0661. The van der Waals surface area contributed by atoms with Crippen molar-refractivity contribution in [2.75, 3.05) is 18.5 Å². The van der Waals surface area contributed by atoms with Gasteiger partial charge in [-0.1, -0.05) is 6.07 Å². The van der Waals surface area contributed by atoms with E-state index in [2.05, 4.69) is 31.7 Å². The van der Waals surface area contributed by atoms with Crippen LogP contribution in [-0.4, -0.2) is 42.4 Å². The zero-order valence-electron chi connectivity index (χ0n) is 15.2. The van der Waals surface area contributed by atoms with Crippen LogP contribution >= 0.6 is 0 Å². The standard InChI is InChI=1S/C19H21N7O/c1-13-22-23-18-12-15(5-8-25(13)18)20-19-21-17-4-2-3-16(26(17)24-19)11-14-6-9-27-10-7-14/h2-5,8,12,14H,6-7,9-11H2,1H3,(H,20,24). The lowest BCUT2D eigenvalue weighted by atomic mass is 9.95. The van der Waals surface area contributed by atoms with E-state index in [9.17, 15) is 0 Å². The third-order valence-corrected chi connectivity index (χ3v) is 5.11. The number of anilines is 2. The Morgan fingerprint density at radius 1 is 1.15 bits per heavy atom. The van der Waals surface area contributed by atoms with Crippen molar-refractivity contribution in [2.45, 2.75) is 26.2 Å². The maximum atomic E-state index is 5.47. The quantitative estimate of drug-likeness (QED) is 0.600. The topological polar surface area (TPSA) is 81.6 Å². The number of aryl methyl sites for hydroxylation is 1. The van der Waals surface area contributed by atoms with Gasteiger partial charge in [0.15, 0.2) is 11.3 Å². The molecule has 0 atom stereocenters. The van der Waals surface area contributed by atoms with Gasteiger partial charge >= 0.3 is 0 Å². The molecule has 0 spiro atoms. The van der Waals surface area contributed by atoms with Crippen molar-refractivity contribution < 1.29 is 4.74 Å². The first-order chi connectivity index (χ1) is 13.3. The third kappa shape index (κ3) is 3.12. The molecule has 1 aliphatic heterocycles. The molecule has 0 saturated carbocycles. The molecule has 0 amide bonds. The molecule has 0 bridgehead atoms. The number of hydrogen-bond donors (Lipinski definition) is 1. The molecule has 5 rings (SSSR count). The Balaban J connectivity index is 1.42. The molecule has 1 saturated heterocycles. The first-order valence-electron chi connectivity index (χ1n) is 9.27. The Bertz CT molecular complexity index is 1090. The average molecular weight is 363 g/mol. The van der Waals surface area contributed by atoms with E-state index in [0.717, 1.165) is 55.3 Å². The molecule has 0 aliphatic carbocycles. The van der Waals surface area contributed by atoms with Crippen molar-refractivity contribution in [1.82, 2.24) is 29.2 Å². The molecule has 4 aromatic heterocycles. The summed E-state index contributed by atoms with van der Waals surface area (Å²) in [5.41, 5.74) is 3.71. The molecular weight excluding hydrogens is 342 g/mol. The Hall–Kier alpha value is -3.00. The van der Waals surface area contributed by atoms with Gasteiger partial charge in [0.25, 0.3) is 0 Å². The molecule has 1 fully saturated rings. The third-order valence-electron chi connectivity index (χ3n) is 5.11. The van der Waals surface area contributed by atoms with Crippen LogP contribution in [0.3, 0.4) is 0 Å². The molecule has 0 radical (unpaired) electrons. The number of pyridine rings is 2. The van der Waals surface area contributed by atoms with E-state index >= 15 is 0 Å². The number of nitrogens with zero attached hydrogens (tertiary/aromatic N) is 6. The van der Waals surface area contributed by atoms with Gasteiger partial charge in [-0.3, -0.25) is 4.40 Å². The predicted octanol–water partition coefficient (Wildman–Crippen LogP) is 2.79. The fourth-order valence-electron chi connectivity index (χ4n) is 3.63. The van der Waals surface area contributed by atoms with Crippen molar-refractivity contribution in [3.8, 4) is 0 Å². The molecule has 8 nitrogen and oxygen atoms in total. The van der Waals surface area contributed by atoms with Gasteiger partial charge in [-0.05, 0) is 50.3 Å². The minimum atomic E-state index is 0.579. The fraction of sp³-hybridized carbons (Fsp3) is 0.368. The zero-order valence-corrected chi connectivity index (χ0v) is 15.2. The summed E-state index contributed by atoms with van der Waals surface area (Å²) < 4.78 is 9.35. The van der Waals surface area contributed by atoms with Crippen molar-refractivity contribution in [1.29, 1.82) is 0 Å². The Labute approximate surface area is 156 Å². The monoisotopic (exact) mass is 363 g/mol. The lowest BCUT2D eigenvalue weighted by Gasteiger charge is -2.21. The Morgan fingerprint density at radius 2 is 2.04 bits per heavy atom. The van der Waals surface area contributed by atoms with E-state index in [4.69, 9.17) is 4.74 Å². The maximum absolute atomic E-state index is 5.47. The van der Waals surface area contributed by atoms with Crippen LogP contribution in [0.4, 0.5) is 11.6 Å². The van der Waals surface area contributed by atoms with E-state index in [-0.39, 0.29) is 0 Å². The summed E-state index contributed by atoms with van der Waals surface area (Å²) >= 11 is 0. The first-order valence-corrected chi connectivity index (χ1v) is 9.27. The number of aromatic nitrogens is 6. The molecule has 0 aromatic carbocycles. The van der Waals surface area contributed by atoms with E-state index in [0.29, 0.717) is 11.9 Å². The van der Waals surface area contributed by atoms with Crippen LogP contribution in [0.1, 0.15) is 24.4 Å². The highest BCUT2D eigenvalue weighted by atomic mass is 16.5. The first kappa shape index (κ1) is 16.2. The minimum Gasteiger partial charge on any atom is -0.381 e. The second-order valence-electron chi connectivity index (χ2n) is 7.00. The van der Waals surface area contributed by atoms with Crippen LogP contribution in [0, 0.1) is 12.8 Å². The van der Waals surface area contributed by atoms with Crippen LogP contribution < -0.4 is 5.32 Å². The second-order valence-corrected chi connectivity index (χ2v) is 7.00. The molecule has 5 heterocycles. The van der Waals surface area contributed by atoms with Crippen LogP contribution in [0.2, 0.25) is 0 Å². The zero-order chi connectivity index (χ0) is 18.2. The van der Waals surface area contributed by atoms with Crippen LogP contribution in [0.25, 0.3) is 11.3 Å². The summed E-state index contributed by atoms with van der Waals surface area (Å²) in [5.74, 6) is 2.08. The van der Waals surface area contributed by atoms with Gasteiger partial charge in [0.1, 0.15) is 5.82 Å². The number of rotatable bonds is 4. The lowest BCUT2D eigenvalue weighted by Crippen LogP contribution is -2.18. The van der Waals surface area contributed by atoms with Crippen LogP contribution in [0.15, 0.2) is 36.5 Å². The number of ether oxygens (including phenoxy) is 1. The van der Waals surface area contributed by atoms with Gasteiger partial charge < -0.3 is 10.1 Å². The Morgan fingerprint density at radius 3 is 2.93 bits per heavy atom. The summed E-state index contributed by atoms with van der Waals surface area (Å²) in [6, 6.07) is 10.1. The van der Waals surface area contributed by atoms with Gasteiger partial charge in [0.05, 0.1) is 0 Å². The molecule has 27 heavy (non-hydrogen) atoms. The summed E-state index contributed by atoms with van der Waals surface area (Å²) in [6.07, 6.45) is 5.15. The van der Waals surface area contributed by atoms with E-state index in [1.165, 1.54) is 5.69 Å². The Kier molecular flexibility index (Phi) is 3.97. The van der Waals surface area contributed by atoms with Gasteiger partial charge in [-0.15, -0.1) is 15.3 Å². The SMILES string of the molecule is Cc1nnc2cc(Nc3nc4cccc(CC5CCOCC5)n4n3)ccn12. The van der Waals surface area contributed by atoms with Gasteiger partial charge in [0.2, 0.25) is 5.95 Å². The number of hydrogen-bond acceptors (Lipinski definition) is 6. The predicted molar refractivity (Wildman–Crippen MR) is 101 cm³/mol. The molecular formula is C19H21N7O. The molecule has 8 heteroatoms. The van der Waals surface area contributed by atoms with Crippen molar-refractivity contribution in [3.63, 3.8) is 0 Å². The summed E-state index contributed by atoms with van der Waals surface area (Å²) in [6.45, 7) is 3.64. The molecule has 1 N–H and O–H groups in total. The number of fused-ring (bicyclic) bond motifs is 2. The van der Waals surface area contributed by atoms with Crippen molar-refractivity contribution >= 4 is 22.9 Å². The smallest absolute Gasteiger partial charge is 0.247 e. The highest BCUT2D eigenvalue weighted by molar-refractivity contribution is 5.60. The van der Waals surface area contributed by atoms with Gasteiger partial charge in [-0.2, -0.15) is 4.98 Å². The summed E-state index contributed by atoms with van der Waals surface area (Å²) in [5, 5.41) is 16.2. The van der Waals surface area contributed by atoms with E-state index < -0.39 is 0 Å². The van der Waals surface area contributed by atoms with Crippen molar-refractivity contribution in [3.05, 3.63) is 48.0 Å². The second kappa shape index (κ2) is 6.62. The van der Waals surface area contributed by atoms with Crippen LogP contribution in [-0.2, 0) is 11.2 Å². The van der Waals surface area contributed by atoms with Crippen molar-refractivity contribution in [2.24, 2.45) is 5.92 Å².